The Morgan fingerprint density at radius 3 is 0.967 bits per heavy atom. The van der Waals surface area contributed by atoms with E-state index in [4.69, 9.17) is 18.7 Å². The summed E-state index contributed by atoms with van der Waals surface area (Å²) in [6.45, 7) is 8.55. The van der Waals surface area contributed by atoms with Crippen molar-refractivity contribution in [3.8, 4) is 0 Å². The molecule has 0 aromatic rings. The lowest BCUT2D eigenvalue weighted by molar-refractivity contribution is -0.468. The third-order valence-corrected chi connectivity index (χ3v) is 5.76. The van der Waals surface area contributed by atoms with Gasteiger partial charge in [-0.25, -0.2) is 0 Å². The summed E-state index contributed by atoms with van der Waals surface area (Å²) in [5.74, 6) is 0. The molecule has 0 rings (SSSR count). The first-order chi connectivity index (χ1) is 14.7. The zero-order chi connectivity index (χ0) is 22.2. The fourth-order valence-electron chi connectivity index (χ4n) is 3.47. The van der Waals surface area contributed by atoms with Gasteiger partial charge in [0.1, 0.15) is 0 Å². The minimum atomic E-state index is -1.36. The maximum Gasteiger partial charge on any atom is 0.415 e. The fraction of sp³-hybridized carbons (Fsp3) is 1.00. The van der Waals surface area contributed by atoms with Crippen LogP contribution in [-0.2, 0) is 18.7 Å². The Morgan fingerprint density at radius 1 is 0.433 bits per heavy atom. The van der Waals surface area contributed by atoms with Gasteiger partial charge in [0.2, 0.25) is 0 Å². The summed E-state index contributed by atoms with van der Waals surface area (Å²) in [7, 11) is 2.29. The standard InChI is InChI=1S/C25H53O4P/c1-4-7-10-13-16-19-22-26-25(29-30,27-23-20-17-14-11-8-5-2)28-24-21-18-15-12-9-6-3/h4-24,30H2,1-3H3. The molecular formula is C25H53O4P. The Bertz CT molecular complexity index is 283. The van der Waals surface area contributed by atoms with Crippen molar-refractivity contribution in [1.82, 2.24) is 0 Å². The SMILES string of the molecule is CCCCCCCCOC(OP)(OCCCCCCCC)OCCCCCCCC. The van der Waals surface area contributed by atoms with Crippen molar-refractivity contribution in [2.75, 3.05) is 19.8 Å². The normalized spacial score (nSPS) is 12.0. The van der Waals surface area contributed by atoms with Crippen molar-refractivity contribution in [3.63, 3.8) is 0 Å². The third-order valence-electron chi connectivity index (χ3n) is 5.47. The first-order valence-electron chi connectivity index (χ1n) is 13.0. The van der Waals surface area contributed by atoms with Crippen LogP contribution < -0.4 is 0 Å². The molecule has 182 valence electrons. The average molecular weight is 449 g/mol. The van der Waals surface area contributed by atoms with Crippen molar-refractivity contribution in [2.45, 2.75) is 143 Å². The van der Waals surface area contributed by atoms with E-state index >= 15 is 0 Å². The lowest BCUT2D eigenvalue weighted by Crippen LogP contribution is -2.40. The zero-order valence-electron chi connectivity index (χ0n) is 20.6. The molecule has 0 aliphatic carbocycles. The van der Waals surface area contributed by atoms with E-state index in [1.165, 1.54) is 96.3 Å². The van der Waals surface area contributed by atoms with Crippen LogP contribution in [0.15, 0.2) is 0 Å². The quantitative estimate of drug-likeness (QED) is 0.0796. The topological polar surface area (TPSA) is 36.9 Å². The minimum absolute atomic E-state index is 0.605. The van der Waals surface area contributed by atoms with Gasteiger partial charge in [0, 0.05) is 9.47 Å². The van der Waals surface area contributed by atoms with E-state index < -0.39 is 6.16 Å². The van der Waals surface area contributed by atoms with Crippen LogP contribution in [0.25, 0.3) is 0 Å². The molecule has 0 N–H and O–H groups in total. The van der Waals surface area contributed by atoms with Crippen LogP contribution in [0.5, 0.6) is 0 Å². The maximum atomic E-state index is 5.99. The first kappa shape index (κ1) is 30.3. The van der Waals surface area contributed by atoms with E-state index in [0.717, 1.165) is 19.3 Å². The highest BCUT2D eigenvalue weighted by molar-refractivity contribution is 7.09. The van der Waals surface area contributed by atoms with Gasteiger partial charge in [-0.1, -0.05) is 117 Å². The first-order valence-corrected chi connectivity index (χ1v) is 13.5. The highest BCUT2D eigenvalue weighted by Gasteiger charge is 2.34. The van der Waals surface area contributed by atoms with Crippen molar-refractivity contribution in [3.05, 3.63) is 0 Å². The number of rotatable bonds is 25. The van der Waals surface area contributed by atoms with E-state index in [9.17, 15) is 0 Å². The average Bonchev–Trinajstić information content (AvgIpc) is 2.76. The molecule has 5 heteroatoms. The predicted molar refractivity (Wildman–Crippen MR) is 132 cm³/mol. The van der Waals surface area contributed by atoms with Gasteiger partial charge in [0.05, 0.1) is 19.8 Å². The Kier molecular flexibility index (Phi) is 24.1. The summed E-state index contributed by atoms with van der Waals surface area (Å²) in [5.41, 5.74) is 0. The fourth-order valence-corrected chi connectivity index (χ4v) is 3.67. The highest BCUT2D eigenvalue weighted by atomic mass is 31.0. The summed E-state index contributed by atoms with van der Waals surface area (Å²) in [6, 6.07) is 0. The molecule has 0 aromatic carbocycles. The molecule has 0 spiro atoms. The second-order valence-corrected chi connectivity index (χ2v) is 8.70. The second kappa shape index (κ2) is 23.9. The molecule has 0 amide bonds. The van der Waals surface area contributed by atoms with Crippen molar-refractivity contribution in [2.24, 2.45) is 0 Å². The molecule has 0 aliphatic heterocycles. The van der Waals surface area contributed by atoms with Gasteiger partial charge in [-0.15, -0.1) is 0 Å². The molecule has 0 aliphatic rings. The Morgan fingerprint density at radius 2 is 0.700 bits per heavy atom. The molecule has 0 bridgehead atoms. The molecule has 0 radical (unpaired) electrons. The van der Waals surface area contributed by atoms with Crippen LogP contribution >= 0.6 is 9.47 Å². The molecule has 0 saturated carbocycles. The van der Waals surface area contributed by atoms with Gasteiger partial charge >= 0.3 is 6.16 Å². The van der Waals surface area contributed by atoms with E-state index in [2.05, 4.69) is 30.2 Å². The molecular weight excluding hydrogens is 395 g/mol. The summed E-state index contributed by atoms with van der Waals surface area (Å²) >= 11 is 0. The largest absolute Gasteiger partial charge is 0.415 e. The molecule has 4 nitrogen and oxygen atoms in total. The predicted octanol–water partition coefficient (Wildman–Crippen LogP) is 8.54. The number of ether oxygens (including phenoxy) is 3. The van der Waals surface area contributed by atoms with E-state index in [-0.39, 0.29) is 0 Å². The molecule has 1 atom stereocenters. The Hall–Kier alpha value is 0.270. The van der Waals surface area contributed by atoms with E-state index in [1.54, 1.807) is 0 Å². The van der Waals surface area contributed by atoms with Crippen molar-refractivity contribution < 1.29 is 18.7 Å². The van der Waals surface area contributed by atoms with Crippen LogP contribution in [0.2, 0.25) is 0 Å². The minimum Gasteiger partial charge on any atom is -0.303 e. The Balaban J connectivity index is 4.23. The molecule has 0 heterocycles. The monoisotopic (exact) mass is 448 g/mol. The van der Waals surface area contributed by atoms with Gasteiger partial charge in [-0.3, -0.25) is 4.52 Å². The van der Waals surface area contributed by atoms with Crippen LogP contribution in [0, 0.1) is 0 Å². The van der Waals surface area contributed by atoms with Crippen LogP contribution in [0.4, 0.5) is 0 Å². The number of unbranched alkanes of at least 4 members (excludes halogenated alkanes) is 15. The zero-order valence-corrected chi connectivity index (χ0v) is 21.7. The van der Waals surface area contributed by atoms with Gasteiger partial charge < -0.3 is 14.2 Å². The van der Waals surface area contributed by atoms with E-state index in [0.29, 0.717) is 19.8 Å². The summed E-state index contributed by atoms with van der Waals surface area (Å²) in [6.07, 6.45) is 20.8. The molecule has 0 saturated heterocycles. The lowest BCUT2D eigenvalue weighted by atomic mass is 10.1. The molecule has 0 aromatic heterocycles. The summed E-state index contributed by atoms with van der Waals surface area (Å²) < 4.78 is 23.5. The van der Waals surface area contributed by atoms with Crippen molar-refractivity contribution in [1.29, 1.82) is 0 Å². The highest BCUT2D eigenvalue weighted by Crippen LogP contribution is 2.23. The smallest absolute Gasteiger partial charge is 0.303 e. The third kappa shape index (κ3) is 19.0. The summed E-state index contributed by atoms with van der Waals surface area (Å²) in [5, 5.41) is 0. The van der Waals surface area contributed by atoms with Crippen LogP contribution in [0.3, 0.4) is 0 Å². The summed E-state index contributed by atoms with van der Waals surface area (Å²) in [4.78, 5) is 0. The van der Waals surface area contributed by atoms with Gasteiger partial charge in [0.25, 0.3) is 0 Å². The van der Waals surface area contributed by atoms with Gasteiger partial charge in [-0.2, -0.15) is 0 Å². The maximum absolute atomic E-state index is 5.99. The number of hydrogen-bond donors (Lipinski definition) is 0. The van der Waals surface area contributed by atoms with Crippen LogP contribution in [0.1, 0.15) is 136 Å². The molecule has 30 heavy (non-hydrogen) atoms. The van der Waals surface area contributed by atoms with Crippen molar-refractivity contribution >= 4 is 9.47 Å². The lowest BCUT2D eigenvalue weighted by Gasteiger charge is -2.30. The molecule has 1 unspecified atom stereocenters. The number of hydrogen-bond acceptors (Lipinski definition) is 4. The van der Waals surface area contributed by atoms with Crippen LogP contribution in [-0.4, -0.2) is 26.0 Å². The van der Waals surface area contributed by atoms with Gasteiger partial charge in [-0.05, 0) is 19.3 Å². The van der Waals surface area contributed by atoms with Gasteiger partial charge in [0.15, 0.2) is 0 Å². The second-order valence-electron chi connectivity index (χ2n) is 8.47. The Labute approximate surface area is 190 Å². The molecule has 0 fully saturated rings. The van der Waals surface area contributed by atoms with E-state index in [1.807, 2.05) is 0 Å².